The lowest BCUT2D eigenvalue weighted by atomic mass is 9.87. The number of thiophene rings is 1. The Morgan fingerprint density at radius 3 is 2.63 bits per heavy atom. The van der Waals surface area contributed by atoms with Gasteiger partial charge in [0.15, 0.2) is 0 Å². The van der Waals surface area contributed by atoms with Crippen LogP contribution in [0.3, 0.4) is 0 Å². The number of sulfonamides is 1. The van der Waals surface area contributed by atoms with E-state index < -0.39 is 10.0 Å². The van der Waals surface area contributed by atoms with Crippen LogP contribution in [0, 0.1) is 5.92 Å². The molecule has 0 atom stereocenters. The molecule has 0 unspecified atom stereocenters. The van der Waals surface area contributed by atoms with Crippen molar-refractivity contribution in [2.45, 2.75) is 42.7 Å². The summed E-state index contributed by atoms with van der Waals surface area (Å²) in [5.41, 5.74) is 0. The normalized spacial score (nSPS) is 17.8. The van der Waals surface area contributed by atoms with Crippen LogP contribution in [0.5, 0.6) is 0 Å². The van der Waals surface area contributed by atoms with Crippen LogP contribution < -0.4 is 4.72 Å². The van der Waals surface area contributed by atoms with Gasteiger partial charge in [0.2, 0.25) is 10.0 Å². The van der Waals surface area contributed by atoms with Crippen molar-refractivity contribution in [3.8, 4) is 0 Å². The molecule has 1 aliphatic carbocycles. The van der Waals surface area contributed by atoms with Crippen LogP contribution in [0.4, 0.5) is 0 Å². The second-order valence-corrected chi connectivity index (χ2v) is 9.65. The minimum Gasteiger partial charge on any atom is -0.210 e. The molecule has 0 spiro atoms. The maximum Gasteiger partial charge on any atom is 0.250 e. The first-order chi connectivity index (χ1) is 8.99. The molecule has 2 rings (SSSR count). The summed E-state index contributed by atoms with van der Waals surface area (Å²) in [7, 11) is -3.41. The van der Waals surface area contributed by atoms with Gasteiger partial charge in [-0.05, 0) is 34.3 Å². The standard InChI is InChI=1S/C12H17BrClNO2S2/c13-12-10(14)8-11(18-12)19(16,17)15-7-6-9-4-2-1-3-5-9/h8-9,15H,1-7H2. The van der Waals surface area contributed by atoms with Gasteiger partial charge in [-0.2, -0.15) is 0 Å². The first kappa shape index (κ1) is 15.8. The fraction of sp³-hybridized carbons (Fsp3) is 0.667. The molecule has 7 heteroatoms. The van der Waals surface area contributed by atoms with E-state index in [0.717, 1.165) is 17.8 Å². The van der Waals surface area contributed by atoms with E-state index in [9.17, 15) is 8.42 Å². The van der Waals surface area contributed by atoms with E-state index in [1.54, 1.807) is 0 Å². The van der Waals surface area contributed by atoms with Crippen LogP contribution in [0.1, 0.15) is 38.5 Å². The minimum atomic E-state index is -3.41. The lowest BCUT2D eigenvalue weighted by Gasteiger charge is -2.21. The van der Waals surface area contributed by atoms with Crippen LogP contribution in [-0.4, -0.2) is 15.0 Å². The molecule has 19 heavy (non-hydrogen) atoms. The Kier molecular flexibility index (Phi) is 5.72. The highest BCUT2D eigenvalue weighted by atomic mass is 79.9. The van der Waals surface area contributed by atoms with Crippen LogP contribution in [0.2, 0.25) is 5.02 Å². The number of nitrogens with one attached hydrogen (secondary N) is 1. The predicted octanol–water partition coefficient (Wildman–Crippen LogP) is 4.41. The summed E-state index contributed by atoms with van der Waals surface area (Å²) in [5, 5.41) is 0.442. The van der Waals surface area contributed by atoms with Gasteiger partial charge in [0, 0.05) is 6.54 Å². The summed E-state index contributed by atoms with van der Waals surface area (Å²) in [5.74, 6) is 0.676. The van der Waals surface area contributed by atoms with E-state index in [-0.39, 0.29) is 4.21 Å². The Balaban J connectivity index is 1.87. The van der Waals surface area contributed by atoms with Crippen LogP contribution in [0.15, 0.2) is 14.1 Å². The fourth-order valence-corrected chi connectivity index (χ4v) is 5.89. The first-order valence-corrected chi connectivity index (χ1v) is 9.90. The van der Waals surface area contributed by atoms with E-state index in [0.29, 0.717) is 21.3 Å². The van der Waals surface area contributed by atoms with Gasteiger partial charge in [-0.3, -0.25) is 0 Å². The lowest BCUT2D eigenvalue weighted by Crippen LogP contribution is -2.26. The molecule has 1 heterocycles. The van der Waals surface area contributed by atoms with Gasteiger partial charge in [0.25, 0.3) is 0 Å². The zero-order valence-corrected chi connectivity index (χ0v) is 14.5. The Morgan fingerprint density at radius 1 is 1.37 bits per heavy atom. The van der Waals surface area contributed by atoms with Gasteiger partial charge in [-0.15, -0.1) is 11.3 Å². The summed E-state index contributed by atoms with van der Waals surface area (Å²) in [6.45, 7) is 0.514. The summed E-state index contributed by atoms with van der Waals surface area (Å²) in [6, 6.07) is 1.49. The summed E-state index contributed by atoms with van der Waals surface area (Å²) >= 11 is 10.2. The molecule has 0 amide bonds. The molecular formula is C12H17BrClNO2S2. The predicted molar refractivity (Wildman–Crippen MR) is 83.4 cm³/mol. The highest BCUT2D eigenvalue weighted by Gasteiger charge is 2.20. The average Bonchev–Trinajstić information content (AvgIpc) is 2.72. The number of hydrogen-bond acceptors (Lipinski definition) is 3. The third kappa shape index (κ3) is 4.43. The Morgan fingerprint density at radius 2 is 2.05 bits per heavy atom. The van der Waals surface area contributed by atoms with Gasteiger partial charge in [0.1, 0.15) is 4.21 Å². The van der Waals surface area contributed by atoms with Crippen molar-refractivity contribution in [2.75, 3.05) is 6.54 Å². The lowest BCUT2D eigenvalue weighted by molar-refractivity contribution is 0.340. The molecule has 1 N–H and O–H groups in total. The van der Waals surface area contributed by atoms with Crippen molar-refractivity contribution >= 4 is 48.9 Å². The molecule has 1 aliphatic rings. The molecule has 1 aromatic rings. The minimum absolute atomic E-state index is 0.271. The average molecular weight is 387 g/mol. The molecule has 1 aromatic heterocycles. The highest BCUT2D eigenvalue weighted by molar-refractivity contribution is 9.11. The zero-order valence-electron chi connectivity index (χ0n) is 10.5. The third-order valence-electron chi connectivity index (χ3n) is 3.46. The Hall–Kier alpha value is 0.380. The molecule has 1 fully saturated rings. The van der Waals surface area contributed by atoms with Gasteiger partial charge in [-0.25, -0.2) is 13.1 Å². The zero-order chi connectivity index (χ0) is 13.9. The van der Waals surface area contributed by atoms with Crippen molar-refractivity contribution in [2.24, 2.45) is 5.92 Å². The quantitative estimate of drug-likeness (QED) is 0.814. The molecule has 3 nitrogen and oxygen atoms in total. The van der Waals surface area contributed by atoms with Crippen molar-refractivity contribution in [1.82, 2.24) is 4.72 Å². The maximum absolute atomic E-state index is 12.1. The number of rotatable bonds is 5. The van der Waals surface area contributed by atoms with E-state index in [1.165, 1.54) is 38.2 Å². The summed E-state index contributed by atoms with van der Waals surface area (Å²) < 4.78 is 27.7. The van der Waals surface area contributed by atoms with Crippen LogP contribution >= 0.6 is 38.9 Å². The SMILES string of the molecule is O=S(=O)(NCCC1CCCCC1)c1cc(Cl)c(Br)s1. The molecule has 108 valence electrons. The van der Waals surface area contributed by atoms with E-state index in [2.05, 4.69) is 20.7 Å². The van der Waals surface area contributed by atoms with Crippen molar-refractivity contribution in [3.63, 3.8) is 0 Å². The number of hydrogen-bond donors (Lipinski definition) is 1. The highest BCUT2D eigenvalue weighted by Crippen LogP contribution is 2.34. The van der Waals surface area contributed by atoms with E-state index in [1.807, 2.05) is 0 Å². The van der Waals surface area contributed by atoms with Crippen molar-refractivity contribution in [3.05, 3.63) is 14.9 Å². The maximum atomic E-state index is 12.1. The molecular weight excluding hydrogens is 370 g/mol. The van der Waals surface area contributed by atoms with Crippen molar-refractivity contribution in [1.29, 1.82) is 0 Å². The molecule has 0 aliphatic heterocycles. The van der Waals surface area contributed by atoms with Gasteiger partial charge in [-0.1, -0.05) is 43.7 Å². The second kappa shape index (κ2) is 6.89. The Bertz CT molecular complexity index is 504. The molecule has 0 radical (unpaired) electrons. The molecule has 0 saturated heterocycles. The largest absolute Gasteiger partial charge is 0.250 e. The smallest absolute Gasteiger partial charge is 0.210 e. The monoisotopic (exact) mass is 385 g/mol. The van der Waals surface area contributed by atoms with Gasteiger partial charge >= 0.3 is 0 Å². The fourth-order valence-electron chi connectivity index (χ4n) is 2.40. The number of halogens is 2. The van der Waals surface area contributed by atoms with Crippen LogP contribution in [-0.2, 0) is 10.0 Å². The van der Waals surface area contributed by atoms with Crippen molar-refractivity contribution < 1.29 is 8.42 Å². The molecule has 1 saturated carbocycles. The van der Waals surface area contributed by atoms with Crippen LogP contribution in [0.25, 0.3) is 0 Å². The second-order valence-electron chi connectivity index (χ2n) is 4.88. The first-order valence-electron chi connectivity index (χ1n) is 6.43. The van der Waals surface area contributed by atoms with Gasteiger partial charge < -0.3 is 0 Å². The molecule has 0 aromatic carbocycles. The molecule has 0 bridgehead atoms. The summed E-state index contributed by atoms with van der Waals surface area (Å²) in [4.78, 5) is 0. The summed E-state index contributed by atoms with van der Waals surface area (Å²) in [6.07, 6.45) is 7.29. The topological polar surface area (TPSA) is 46.2 Å². The van der Waals surface area contributed by atoms with Gasteiger partial charge in [0.05, 0.1) is 8.81 Å². The third-order valence-corrected chi connectivity index (χ3v) is 7.87. The Labute approximate surface area is 131 Å². The van der Waals surface area contributed by atoms with E-state index in [4.69, 9.17) is 11.6 Å². The van der Waals surface area contributed by atoms with E-state index >= 15 is 0 Å².